The van der Waals surface area contributed by atoms with Gasteiger partial charge in [0.25, 0.3) is 0 Å². The molecule has 0 bridgehead atoms. The molecule has 1 aliphatic rings. The van der Waals surface area contributed by atoms with E-state index in [9.17, 15) is 24.2 Å². The van der Waals surface area contributed by atoms with Gasteiger partial charge in [0.05, 0.1) is 5.52 Å². The fourth-order valence-corrected chi connectivity index (χ4v) is 4.30. The van der Waals surface area contributed by atoms with E-state index < -0.39 is 23.8 Å². The zero-order valence-electron chi connectivity index (χ0n) is 16.9. The maximum absolute atomic E-state index is 13.8. The first-order chi connectivity index (χ1) is 14.9. The van der Waals surface area contributed by atoms with Gasteiger partial charge in [-0.15, -0.1) is 0 Å². The lowest BCUT2D eigenvalue weighted by molar-refractivity contribution is -0.144. The van der Waals surface area contributed by atoms with Gasteiger partial charge >= 0.3 is 11.9 Å². The average molecular weight is 425 g/mol. The molecule has 0 amide bonds. The molecule has 2 heterocycles. The van der Waals surface area contributed by atoms with Crippen LogP contribution in [0.5, 0.6) is 0 Å². The second-order valence-electron chi connectivity index (χ2n) is 7.81. The van der Waals surface area contributed by atoms with E-state index >= 15 is 0 Å². The van der Waals surface area contributed by atoms with Crippen LogP contribution in [0.15, 0.2) is 54.7 Å². The molecule has 3 aromatic rings. The number of benzene rings is 2. The van der Waals surface area contributed by atoms with Crippen LogP contribution in [-0.4, -0.2) is 62.7 Å². The van der Waals surface area contributed by atoms with E-state index in [1.54, 1.807) is 0 Å². The Morgan fingerprint density at radius 2 is 1.71 bits per heavy atom. The van der Waals surface area contributed by atoms with E-state index in [-0.39, 0.29) is 6.54 Å². The number of fused-ring (bicyclic) bond motifs is 1. The maximum Gasteiger partial charge on any atom is 0.325 e. The first kappa shape index (κ1) is 21.0. The molecular weight excluding hydrogens is 401 g/mol. The Bertz CT molecular complexity index is 1090. The van der Waals surface area contributed by atoms with Gasteiger partial charge in [0.2, 0.25) is 0 Å². The van der Waals surface area contributed by atoms with E-state index in [2.05, 4.69) is 17.0 Å². The predicted octanol–water partition coefficient (Wildman–Crippen LogP) is 2.81. The van der Waals surface area contributed by atoms with Crippen LogP contribution in [0.2, 0.25) is 0 Å². The molecule has 2 N–H and O–H groups in total. The van der Waals surface area contributed by atoms with Crippen molar-refractivity contribution in [2.45, 2.75) is 19.1 Å². The standard InChI is InChI=1S/C23H24FN3O4/c24-17-6-7-18-19(14-27(15-21(28)29)20(18)12-17)22(23(30)31)26-10-8-25(9-11-26)13-16-4-2-1-3-5-16/h1-7,12,14,22H,8-11,13,15H2,(H,28,29)(H,30,31)/t22-/m0/s1. The molecule has 2 aromatic carbocycles. The van der Waals surface area contributed by atoms with E-state index in [1.807, 2.05) is 23.1 Å². The summed E-state index contributed by atoms with van der Waals surface area (Å²) in [6, 6.07) is 13.2. The van der Waals surface area contributed by atoms with Gasteiger partial charge in [-0.25, -0.2) is 4.39 Å². The lowest BCUT2D eigenvalue weighted by Crippen LogP contribution is -2.48. The molecule has 1 saturated heterocycles. The molecule has 31 heavy (non-hydrogen) atoms. The zero-order chi connectivity index (χ0) is 22.0. The van der Waals surface area contributed by atoms with Gasteiger partial charge in [0, 0.05) is 49.9 Å². The number of rotatable bonds is 7. The highest BCUT2D eigenvalue weighted by Crippen LogP contribution is 2.32. The number of aliphatic carboxylic acids is 2. The summed E-state index contributed by atoms with van der Waals surface area (Å²) in [5, 5.41) is 19.8. The van der Waals surface area contributed by atoms with Crippen LogP contribution in [0, 0.1) is 5.82 Å². The number of halogens is 1. The second-order valence-corrected chi connectivity index (χ2v) is 7.81. The average Bonchev–Trinajstić information content (AvgIpc) is 3.06. The molecule has 7 nitrogen and oxygen atoms in total. The molecule has 0 radical (unpaired) electrons. The summed E-state index contributed by atoms with van der Waals surface area (Å²) in [6.07, 6.45) is 1.54. The minimum atomic E-state index is -1.07. The Morgan fingerprint density at radius 3 is 2.35 bits per heavy atom. The van der Waals surface area contributed by atoms with Crippen molar-refractivity contribution >= 4 is 22.8 Å². The third-order valence-corrected chi connectivity index (χ3v) is 5.73. The van der Waals surface area contributed by atoms with Crippen molar-refractivity contribution in [3.8, 4) is 0 Å². The van der Waals surface area contributed by atoms with Crippen molar-refractivity contribution < 1.29 is 24.2 Å². The third-order valence-electron chi connectivity index (χ3n) is 5.73. The molecule has 1 aromatic heterocycles. The molecule has 0 saturated carbocycles. The van der Waals surface area contributed by atoms with E-state index in [0.29, 0.717) is 29.6 Å². The first-order valence-corrected chi connectivity index (χ1v) is 10.2. The summed E-state index contributed by atoms with van der Waals surface area (Å²) >= 11 is 0. The normalized spacial score (nSPS) is 16.4. The van der Waals surface area contributed by atoms with Crippen LogP contribution in [0.25, 0.3) is 10.9 Å². The molecule has 1 aliphatic heterocycles. The Balaban J connectivity index is 1.58. The quantitative estimate of drug-likeness (QED) is 0.606. The summed E-state index contributed by atoms with van der Waals surface area (Å²) in [7, 11) is 0. The monoisotopic (exact) mass is 425 g/mol. The predicted molar refractivity (Wildman–Crippen MR) is 113 cm³/mol. The van der Waals surface area contributed by atoms with Crippen molar-refractivity contribution in [2.24, 2.45) is 0 Å². The number of aromatic nitrogens is 1. The van der Waals surface area contributed by atoms with Crippen molar-refractivity contribution in [3.63, 3.8) is 0 Å². The maximum atomic E-state index is 13.8. The van der Waals surface area contributed by atoms with Crippen LogP contribution in [0.1, 0.15) is 17.2 Å². The van der Waals surface area contributed by atoms with Gasteiger partial charge < -0.3 is 14.8 Å². The van der Waals surface area contributed by atoms with Gasteiger partial charge in [-0.1, -0.05) is 30.3 Å². The van der Waals surface area contributed by atoms with Crippen LogP contribution in [0.3, 0.4) is 0 Å². The lowest BCUT2D eigenvalue weighted by Gasteiger charge is -2.37. The summed E-state index contributed by atoms with van der Waals surface area (Å²) < 4.78 is 15.2. The Hall–Kier alpha value is -3.23. The van der Waals surface area contributed by atoms with E-state index in [1.165, 1.54) is 34.5 Å². The number of carbonyl (C=O) groups is 2. The van der Waals surface area contributed by atoms with Crippen molar-refractivity contribution in [1.82, 2.24) is 14.4 Å². The summed E-state index contributed by atoms with van der Waals surface area (Å²) in [6.45, 7) is 3.02. The molecule has 1 atom stereocenters. The van der Waals surface area contributed by atoms with E-state index in [4.69, 9.17) is 0 Å². The third kappa shape index (κ3) is 4.60. The van der Waals surface area contributed by atoms with Crippen LogP contribution in [-0.2, 0) is 22.7 Å². The summed E-state index contributed by atoms with van der Waals surface area (Å²) in [4.78, 5) is 27.7. The minimum absolute atomic E-state index is 0.364. The summed E-state index contributed by atoms with van der Waals surface area (Å²) in [5.74, 6) is -2.57. The van der Waals surface area contributed by atoms with Crippen molar-refractivity contribution in [3.05, 3.63) is 71.7 Å². The van der Waals surface area contributed by atoms with Gasteiger partial charge in [0.1, 0.15) is 18.4 Å². The molecule has 4 rings (SSSR count). The van der Waals surface area contributed by atoms with Crippen LogP contribution >= 0.6 is 0 Å². The lowest BCUT2D eigenvalue weighted by atomic mass is 10.0. The second kappa shape index (κ2) is 8.87. The summed E-state index contributed by atoms with van der Waals surface area (Å²) in [5.41, 5.74) is 2.08. The number of carboxylic acids is 2. The van der Waals surface area contributed by atoms with Gasteiger partial charge in [0.15, 0.2) is 0 Å². The molecule has 0 unspecified atom stereocenters. The van der Waals surface area contributed by atoms with E-state index in [0.717, 1.165) is 19.6 Å². The largest absolute Gasteiger partial charge is 0.480 e. The number of piperazine rings is 1. The Kier molecular flexibility index (Phi) is 6.01. The highest BCUT2D eigenvalue weighted by molar-refractivity contribution is 5.90. The van der Waals surface area contributed by atoms with Crippen molar-refractivity contribution in [2.75, 3.05) is 26.2 Å². The number of nitrogens with zero attached hydrogens (tertiary/aromatic N) is 3. The van der Waals surface area contributed by atoms with Crippen LogP contribution < -0.4 is 0 Å². The molecule has 0 spiro atoms. The van der Waals surface area contributed by atoms with Gasteiger partial charge in [-0.05, 0) is 23.8 Å². The topological polar surface area (TPSA) is 86.0 Å². The number of hydrogen-bond donors (Lipinski definition) is 2. The SMILES string of the molecule is O=C(O)Cn1cc([C@@H](C(=O)O)N2CCN(Cc3ccccc3)CC2)c2ccc(F)cc21. The molecule has 162 valence electrons. The van der Waals surface area contributed by atoms with Gasteiger partial charge in [-0.2, -0.15) is 0 Å². The van der Waals surface area contributed by atoms with Gasteiger partial charge in [-0.3, -0.25) is 19.4 Å². The smallest absolute Gasteiger partial charge is 0.325 e. The highest BCUT2D eigenvalue weighted by Gasteiger charge is 2.33. The Labute approximate surface area is 178 Å². The number of carboxylic acid groups (broad SMARTS) is 2. The first-order valence-electron chi connectivity index (χ1n) is 10.2. The zero-order valence-corrected chi connectivity index (χ0v) is 16.9. The fourth-order valence-electron chi connectivity index (χ4n) is 4.30. The molecule has 1 fully saturated rings. The fraction of sp³-hybridized carbons (Fsp3) is 0.304. The highest BCUT2D eigenvalue weighted by atomic mass is 19.1. The molecular formula is C23H24FN3O4. The van der Waals surface area contributed by atoms with Crippen molar-refractivity contribution in [1.29, 1.82) is 0 Å². The molecule has 0 aliphatic carbocycles. The Morgan fingerprint density at radius 1 is 1.00 bits per heavy atom. The van der Waals surface area contributed by atoms with Crippen LogP contribution in [0.4, 0.5) is 4.39 Å². The number of hydrogen-bond acceptors (Lipinski definition) is 4. The minimum Gasteiger partial charge on any atom is -0.480 e. The molecule has 8 heteroatoms.